The molecule has 3 aromatic rings. The topological polar surface area (TPSA) is 85.3 Å². The molecule has 1 amide bonds. The van der Waals surface area contributed by atoms with Gasteiger partial charge < -0.3 is 14.3 Å². The molecule has 0 spiro atoms. The lowest BCUT2D eigenvalue weighted by atomic mass is 10.2. The molecule has 8 heteroatoms. The summed E-state index contributed by atoms with van der Waals surface area (Å²) >= 11 is 0. The third kappa shape index (κ3) is 3.11. The predicted octanol–water partition coefficient (Wildman–Crippen LogP) is 1.87. The minimum Gasteiger partial charge on any atom is -0.459 e. The smallest absolute Gasteiger partial charge is 0.291 e. The van der Waals surface area contributed by atoms with Crippen LogP contribution >= 0.6 is 0 Å². The van der Waals surface area contributed by atoms with Gasteiger partial charge in [-0.2, -0.15) is 5.10 Å². The van der Waals surface area contributed by atoms with Gasteiger partial charge in [0.2, 0.25) is 5.91 Å². The number of nitrogens with one attached hydrogen (secondary N) is 1. The van der Waals surface area contributed by atoms with E-state index in [4.69, 9.17) is 4.42 Å². The van der Waals surface area contributed by atoms with Crippen LogP contribution in [0.25, 0.3) is 22.0 Å². The molecule has 1 unspecified atom stereocenters. The summed E-state index contributed by atoms with van der Waals surface area (Å²) in [7, 11) is 0. The predicted molar refractivity (Wildman–Crippen MR) is 107 cm³/mol. The monoisotopic (exact) mass is 385 g/mol. The van der Waals surface area contributed by atoms with Crippen molar-refractivity contribution in [2.75, 3.05) is 19.6 Å². The van der Waals surface area contributed by atoms with E-state index in [-0.39, 0.29) is 18.0 Å². The van der Waals surface area contributed by atoms with Gasteiger partial charge in [-0.1, -0.05) is 6.92 Å². The van der Waals surface area contributed by atoms with Crippen LogP contribution in [0, 0.1) is 6.92 Å². The fourth-order valence-electron chi connectivity index (χ4n) is 4.33. The Morgan fingerprint density at radius 3 is 2.93 bits per heavy atom. The number of likely N-dealkylation sites (tertiary alicyclic amines) is 1. The van der Waals surface area contributed by atoms with Crippen molar-refractivity contribution in [1.82, 2.24) is 24.6 Å². The summed E-state index contributed by atoms with van der Waals surface area (Å²) in [5.74, 6) is 0.608. The molecular formula is C20H27N5O3. The van der Waals surface area contributed by atoms with Crippen molar-refractivity contribution in [1.29, 1.82) is 0 Å². The molecule has 8 nitrogen and oxygen atoms in total. The number of rotatable bonds is 6. The van der Waals surface area contributed by atoms with Crippen molar-refractivity contribution < 1.29 is 9.21 Å². The first-order chi connectivity index (χ1) is 13.5. The molecule has 0 saturated carbocycles. The minimum atomic E-state index is -0.269. The molecule has 1 atom stereocenters. The van der Waals surface area contributed by atoms with Crippen molar-refractivity contribution in [3.8, 4) is 0 Å². The molecule has 1 saturated heterocycles. The van der Waals surface area contributed by atoms with E-state index in [0.717, 1.165) is 30.8 Å². The number of furan rings is 1. The average molecular weight is 385 g/mol. The molecule has 1 fully saturated rings. The van der Waals surface area contributed by atoms with E-state index in [1.807, 2.05) is 24.5 Å². The molecule has 0 bridgehead atoms. The first kappa shape index (κ1) is 18.7. The van der Waals surface area contributed by atoms with Gasteiger partial charge in [-0.05, 0) is 39.8 Å². The summed E-state index contributed by atoms with van der Waals surface area (Å²) in [6.45, 7) is 9.26. The van der Waals surface area contributed by atoms with Gasteiger partial charge in [0.15, 0.2) is 5.58 Å². The Labute approximate surface area is 163 Å². The van der Waals surface area contributed by atoms with Gasteiger partial charge in [-0.15, -0.1) is 0 Å². The Morgan fingerprint density at radius 2 is 2.18 bits per heavy atom. The van der Waals surface area contributed by atoms with Crippen LogP contribution in [0.5, 0.6) is 0 Å². The largest absolute Gasteiger partial charge is 0.459 e. The van der Waals surface area contributed by atoms with E-state index in [2.05, 4.69) is 22.2 Å². The van der Waals surface area contributed by atoms with Crippen molar-refractivity contribution in [3.63, 3.8) is 0 Å². The molecule has 1 aliphatic heterocycles. The molecule has 28 heavy (non-hydrogen) atoms. The lowest BCUT2D eigenvalue weighted by Gasteiger charge is -2.22. The number of aryl methyl sites for hydroxylation is 2. The maximum Gasteiger partial charge on any atom is 0.291 e. The molecule has 4 heterocycles. The SMILES string of the molecule is CCN1CCCC1CNC(=O)Cn1ncc2c3oc(C)cc3n(CC)c2c1=O. The third-order valence-electron chi connectivity index (χ3n) is 5.71. The van der Waals surface area contributed by atoms with Crippen LogP contribution in [0.1, 0.15) is 32.4 Å². The van der Waals surface area contributed by atoms with Gasteiger partial charge in [0.25, 0.3) is 5.56 Å². The first-order valence-corrected chi connectivity index (χ1v) is 10.0. The van der Waals surface area contributed by atoms with Crippen LogP contribution in [-0.4, -0.2) is 50.8 Å². The van der Waals surface area contributed by atoms with Crippen molar-refractivity contribution in [3.05, 3.63) is 28.4 Å². The molecule has 3 aromatic heterocycles. The maximum absolute atomic E-state index is 13.0. The standard InChI is InChI=1S/C20H27N5O3/c1-4-23-8-6-7-14(23)10-21-17(26)12-25-20(27)18-15(11-22-25)19-16(24(18)5-2)9-13(3)28-19/h9,11,14H,4-8,10,12H2,1-3H3,(H,21,26). The number of carbonyl (C=O) groups is 1. The van der Waals surface area contributed by atoms with E-state index >= 15 is 0 Å². The van der Waals surface area contributed by atoms with Gasteiger partial charge in [0.1, 0.15) is 17.8 Å². The molecule has 0 aliphatic carbocycles. The summed E-state index contributed by atoms with van der Waals surface area (Å²) in [4.78, 5) is 27.8. The van der Waals surface area contributed by atoms with Crippen LogP contribution in [0.2, 0.25) is 0 Å². The molecule has 150 valence electrons. The molecule has 4 rings (SSSR count). The molecule has 0 radical (unpaired) electrons. The highest BCUT2D eigenvalue weighted by atomic mass is 16.3. The lowest BCUT2D eigenvalue weighted by Crippen LogP contribution is -2.42. The highest BCUT2D eigenvalue weighted by Gasteiger charge is 2.24. The number of fused-ring (bicyclic) bond motifs is 3. The Kier molecular flexibility index (Phi) is 4.97. The second-order valence-electron chi connectivity index (χ2n) is 7.41. The number of hydrogen-bond acceptors (Lipinski definition) is 5. The first-order valence-electron chi connectivity index (χ1n) is 10.0. The van der Waals surface area contributed by atoms with E-state index in [9.17, 15) is 9.59 Å². The van der Waals surface area contributed by atoms with Crippen molar-refractivity contribution in [2.24, 2.45) is 0 Å². The molecule has 1 aliphatic rings. The highest BCUT2D eigenvalue weighted by molar-refractivity contribution is 6.04. The highest BCUT2D eigenvalue weighted by Crippen LogP contribution is 2.29. The quantitative estimate of drug-likeness (QED) is 0.700. The van der Waals surface area contributed by atoms with Crippen molar-refractivity contribution >= 4 is 27.9 Å². The van der Waals surface area contributed by atoms with E-state index < -0.39 is 0 Å². The van der Waals surface area contributed by atoms with E-state index in [0.29, 0.717) is 35.6 Å². The third-order valence-corrected chi connectivity index (χ3v) is 5.71. The normalized spacial score (nSPS) is 17.8. The Bertz CT molecular complexity index is 1080. The van der Waals surface area contributed by atoms with Crippen LogP contribution in [0.3, 0.4) is 0 Å². The summed E-state index contributed by atoms with van der Waals surface area (Å²) in [5, 5.41) is 7.88. The van der Waals surface area contributed by atoms with Gasteiger partial charge in [-0.3, -0.25) is 14.5 Å². The summed E-state index contributed by atoms with van der Waals surface area (Å²) in [5.41, 5.74) is 1.83. The number of likely N-dealkylation sites (N-methyl/N-ethyl adjacent to an activating group) is 1. The Morgan fingerprint density at radius 1 is 1.36 bits per heavy atom. The summed E-state index contributed by atoms with van der Waals surface area (Å²) in [6.07, 6.45) is 3.89. The minimum absolute atomic E-state index is 0.0805. The second-order valence-corrected chi connectivity index (χ2v) is 7.41. The van der Waals surface area contributed by atoms with E-state index in [1.54, 1.807) is 6.20 Å². The second kappa shape index (κ2) is 7.43. The maximum atomic E-state index is 13.0. The summed E-state index contributed by atoms with van der Waals surface area (Å²) in [6, 6.07) is 2.31. The zero-order valence-electron chi connectivity index (χ0n) is 16.7. The van der Waals surface area contributed by atoms with Crippen molar-refractivity contribution in [2.45, 2.75) is 52.7 Å². The van der Waals surface area contributed by atoms with Crippen LogP contribution < -0.4 is 10.9 Å². The molecule has 0 aromatic carbocycles. The zero-order valence-corrected chi connectivity index (χ0v) is 16.7. The Hall–Kier alpha value is -2.61. The van der Waals surface area contributed by atoms with Gasteiger partial charge in [0, 0.05) is 25.2 Å². The van der Waals surface area contributed by atoms with Crippen LogP contribution in [-0.2, 0) is 17.9 Å². The number of carbonyl (C=O) groups excluding carboxylic acids is 1. The lowest BCUT2D eigenvalue weighted by molar-refractivity contribution is -0.122. The van der Waals surface area contributed by atoms with E-state index in [1.165, 1.54) is 11.1 Å². The number of hydrogen-bond donors (Lipinski definition) is 1. The average Bonchev–Trinajstić information content (AvgIpc) is 3.35. The van der Waals surface area contributed by atoms with Gasteiger partial charge in [-0.25, -0.2) is 4.68 Å². The Balaban J connectivity index is 1.56. The fourth-order valence-corrected chi connectivity index (χ4v) is 4.33. The summed E-state index contributed by atoms with van der Waals surface area (Å²) < 4.78 is 8.93. The number of nitrogens with zero attached hydrogens (tertiary/aromatic N) is 4. The van der Waals surface area contributed by atoms with Gasteiger partial charge >= 0.3 is 0 Å². The molecular weight excluding hydrogens is 358 g/mol. The van der Waals surface area contributed by atoms with Crippen LogP contribution in [0.15, 0.2) is 21.5 Å². The number of aromatic nitrogens is 3. The molecule has 1 N–H and O–H groups in total. The zero-order chi connectivity index (χ0) is 19.8. The van der Waals surface area contributed by atoms with Gasteiger partial charge in [0.05, 0.1) is 17.1 Å². The fraction of sp³-hybridized carbons (Fsp3) is 0.550. The number of amides is 1. The van der Waals surface area contributed by atoms with Crippen LogP contribution in [0.4, 0.5) is 0 Å².